The molecule has 0 bridgehead atoms. The van der Waals surface area contributed by atoms with Gasteiger partial charge in [-0.05, 0) is 28.2 Å². The van der Waals surface area contributed by atoms with Gasteiger partial charge in [0.05, 0.1) is 12.5 Å². The van der Waals surface area contributed by atoms with Crippen LogP contribution in [0.1, 0.15) is 24.0 Å². The van der Waals surface area contributed by atoms with Crippen molar-refractivity contribution in [2.75, 3.05) is 39.5 Å². The number of nitrogens with zero attached hydrogens (tertiary/aromatic N) is 1. The summed E-state index contributed by atoms with van der Waals surface area (Å²) in [6.07, 6.45) is -0.538. The number of alkyl carbamates (subject to hydrolysis) is 1. The number of carbonyl (C=O) groups is 3. The van der Waals surface area contributed by atoms with Crippen LogP contribution in [0.5, 0.6) is 0 Å². The third-order valence-corrected chi connectivity index (χ3v) is 6.37. The van der Waals surface area contributed by atoms with Gasteiger partial charge in [0.2, 0.25) is 5.91 Å². The quantitative estimate of drug-likeness (QED) is 0.597. The Balaban J connectivity index is 1.17. The Bertz CT molecular complexity index is 994. The maximum atomic E-state index is 12.2. The van der Waals surface area contributed by atoms with Gasteiger partial charge in [-0.25, -0.2) is 4.79 Å². The van der Waals surface area contributed by atoms with Gasteiger partial charge in [-0.3, -0.25) is 9.59 Å². The Morgan fingerprint density at radius 2 is 1.67 bits per heavy atom. The molecule has 1 aliphatic carbocycles. The first-order valence-electron chi connectivity index (χ1n) is 11.1. The molecule has 1 fully saturated rings. The molecule has 8 heteroatoms. The molecule has 1 heterocycles. The lowest BCUT2D eigenvalue weighted by molar-refractivity contribution is -0.142. The molecule has 1 aliphatic heterocycles. The molecule has 2 unspecified atom stereocenters. The minimum atomic E-state index is -0.883. The van der Waals surface area contributed by atoms with Crippen LogP contribution in [0.3, 0.4) is 0 Å². The average Bonchev–Trinajstić information content (AvgIpc) is 3.36. The standard InChI is InChI=1S/C25H28N2O6/c1-16-12-27(13-21(16)24(29)30)23(28)15-32-11-10-26-25(31)33-14-22-19-8-4-2-6-17(19)18-7-3-5-9-20(18)22/h2-9,16,21-22H,10-15H2,1H3,(H,26,31)(H,29,30). The molecule has 0 saturated carbocycles. The zero-order valence-electron chi connectivity index (χ0n) is 18.5. The summed E-state index contributed by atoms with van der Waals surface area (Å²) in [5, 5.41) is 11.8. The number of hydrogen-bond donors (Lipinski definition) is 2. The zero-order chi connectivity index (χ0) is 23.4. The van der Waals surface area contributed by atoms with E-state index in [2.05, 4.69) is 29.6 Å². The molecule has 2 aliphatic rings. The second kappa shape index (κ2) is 10.0. The molecule has 2 aromatic carbocycles. The number of carbonyl (C=O) groups excluding carboxylic acids is 2. The minimum Gasteiger partial charge on any atom is -0.481 e. The molecule has 0 aromatic heterocycles. The number of ether oxygens (including phenoxy) is 2. The first-order valence-corrected chi connectivity index (χ1v) is 11.1. The summed E-state index contributed by atoms with van der Waals surface area (Å²) in [6, 6.07) is 16.3. The summed E-state index contributed by atoms with van der Waals surface area (Å²) >= 11 is 0. The summed E-state index contributed by atoms with van der Waals surface area (Å²) in [5.41, 5.74) is 4.63. The first-order chi connectivity index (χ1) is 16.0. The Hall–Kier alpha value is -3.39. The van der Waals surface area contributed by atoms with Crippen LogP contribution >= 0.6 is 0 Å². The highest BCUT2D eigenvalue weighted by Crippen LogP contribution is 2.44. The van der Waals surface area contributed by atoms with Crippen molar-refractivity contribution in [2.24, 2.45) is 11.8 Å². The van der Waals surface area contributed by atoms with E-state index in [9.17, 15) is 14.4 Å². The van der Waals surface area contributed by atoms with E-state index in [4.69, 9.17) is 14.6 Å². The van der Waals surface area contributed by atoms with Gasteiger partial charge in [-0.15, -0.1) is 0 Å². The fraction of sp³-hybridized carbons (Fsp3) is 0.400. The number of nitrogens with one attached hydrogen (secondary N) is 1. The van der Waals surface area contributed by atoms with Crippen LogP contribution in [0.15, 0.2) is 48.5 Å². The summed E-state index contributed by atoms with van der Waals surface area (Å²) in [7, 11) is 0. The lowest BCUT2D eigenvalue weighted by atomic mass is 9.98. The van der Waals surface area contributed by atoms with Crippen LogP contribution in [0.2, 0.25) is 0 Å². The van der Waals surface area contributed by atoms with Gasteiger partial charge in [-0.1, -0.05) is 55.5 Å². The average molecular weight is 453 g/mol. The molecule has 33 heavy (non-hydrogen) atoms. The van der Waals surface area contributed by atoms with E-state index >= 15 is 0 Å². The Morgan fingerprint density at radius 1 is 1.03 bits per heavy atom. The Kier molecular flexibility index (Phi) is 6.93. The van der Waals surface area contributed by atoms with Crippen LogP contribution in [0.25, 0.3) is 11.1 Å². The normalized spacial score (nSPS) is 19.1. The van der Waals surface area contributed by atoms with Gasteiger partial charge in [0, 0.05) is 25.6 Å². The van der Waals surface area contributed by atoms with Crippen molar-refractivity contribution in [3.8, 4) is 11.1 Å². The molecular weight excluding hydrogens is 424 g/mol. The number of aliphatic carboxylic acids is 1. The predicted octanol–water partition coefficient (Wildman–Crippen LogP) is 2.72. The van der Waals surface area contributed by atoms with Gasteiger partial charge in [0.1, 0.15) is 13.2 Å². The summed E-state index contributed by atoms with van der Waals surface area (Å²) in [6.45, 7) is 2.89. The second-order valence-electron chi connectivity index (χ2n) is 8.53. The van der Waals surface area contributed by atoms with Crippen LogP contribution in [-0.4, -0.2) is 67.4 Å². The van der Waals surface area contributed by atoms with Crippen LogP contribution in [-0.2, 0) is 19.1 Å². The van der Waals surface area contributed by atoms with Gasteiger partial charge in [0.15, 0.2) is 0 Å². The Labute approximate surface area is 192 Å². The molecule has 2 aromatic rings. The zero-order valence-corrected chi connectivity index (χ0v) is 18.5. The number of benzene rings is 2. The lowest BCUT2D eigenvalue weighted by Gasteiger charge is -2.16. The van der Waals surface area contributed by atoms with Crippen molar-refractivity contribution < 1.29 is 29.0 Å². The molecular formula is C25H28N2O6. The first kappa shape index (κ1) is 22.8. The third-order valence-electron chi connectivity index (χ3n) is 6.37. The van der Waals surface area contributed by atoms with Crippen molar-refractivity contribution in [1.29, 1.82) is 0 Å². The van der Waals surface area contributed by atoms with Crippen LogP contribution in [0, 0.1) is 11.8 Å². The van der Waals surface area contributed by atoms with Crippen LogP contribution in [0.4, 0.5) is 4.79 Å². The summed E-state index contributed by atoms with van der Waals surface area (Å²) < 4.78 is 10.8. The SMILES string of the molecule is CC1CN(C(=O)COCCNC(=O)OCC2c3ccccc3-c3ccccc32)CC1C(=O)O. The molecule has 2 N–H and O–H groups in total. The highest BCUT2D eigenvalue weighted by molar-refractivity contribution is 5.80. The molecule has 2 amide bonds. The van der Waals surface area contributed by atoms with Crippen molar-refractivity contribution in [3.05, 3.63) is 59.7 Å². The van der Waals surface area contributed by atoms with E-state index in [-0.39, 0.29) is 50.7 Å². The molecule has 0 spiro atoms. The smallest absolute Gasteiger partial charge is 0.407 e. The third kappa shape index (κ3) is 5.01. The highest BCUT2D eigenvalue weighted by atomic mass is 16.5. The van der Waals surface area contributed by atoms with Crippen molar-refractivity contribution >= 4 is 18.0 Å². The second-order valence-corrected chi connectivity index (χ2v) is 8.53. The lowest BCUT2D eigenvalue weighted by Crippen LogP contribution is -2.34. The maximum Gasteiger partial charge on any atom is 0.407 e. The number of fused-ring (bicyclic) bond motifs is 3. The van der Waals surface area contributed by atoms with Crippen molar-refractivity contribution in [1.82, 2.24) is 10.2 Å². The number of hydrogen-bond acceptors (Lipinski definition) is 5. The summed E-state index contributed by atoms with van der Waals surface area (Å²) in [4.78, 5) is 37.0. The molecule has 0 radical (unpaired) electrons. The highest BCUT2D eigenvalue weighted by Gasteiger charge is 2.36. The molecule has 174 valence electrons. The number of carboxylic acid groups (broad SMARTS) is 1. The maximum absolute atomic E-state index is 12.2. The molecule has 8 nitrogen and oxygen atoms in total. The van der Waals surface area contributed by atoms with E-state index < -0.39 is 18.0 Å². The van der Waals surface area contributed by atoms with Crippen molar-refractivity contribution in [2.45, 2.75) is 12.8 Å². The minimum absolute atomic E-state index is 0.00509. The number of amides is 2. The number of rotatable bonds is 8. The summed E-state index contributed by atoms with van der Waals surface area (Å²) in [5.74, 6) is -1.75. The van der Waals surface area contributed by atoms with E-state index in [1.54, 1.807) is 0 Å². The van der Waals surface area contributed by atoms with Crippen molar-refractivity contribution in [3.63, 3.8) is 0 Å². The molecule has 1 saturated heterocycles. The number of likely N-dealkylation sites (tertiary alicyclic amines) is 1. The molecule has 4 rings (SSSR count). The van der Waals surface area contributed by atoms with Gasteiger partial charge >= 0.3 is 12.1 Å². The predicted molar refractivity (Wildman–Crippen MR) is 121 cm³/mol. The monoisotopic (exact) mass is 452 g/mol. The fourth-order valence-electron chi connectivity index (χ4n) is 4.62. The van der Waals surface area contributed by atoms with Gasteiger partial charge in [0.25, 0.3) is 0 Å². The largest absolute Gasteiger partial charge is 0.481 e. The number of carboxylic acids is 1. The molecule has 2 atom stereocenters. The Morgan fingerprint density at radius 3 is 2.27 bits per heavy atom. The topological polar surface area (TPSA) is 105 Å². The van der Waals surface area contributed by atoms with E-state index in [1.807, 2.05) is 31.2 Å². The van der Waals surface area contributed by atoms with Gasteiger partial charge < -0.3 is 24.8 Å². The van der Waals surface area contributed by atoms with Gasteiger partial charge in [-0.2, -0.15) is 0 Å². The van der Waals surface area contributed by atoms with E-state index in [1.165, 1.54) is 16.0 Å². The van der Waals surface area contributed by atoms with Crippen LogP contribution < -0.4 is 5.32 Å². The van der Waals surface area contributed by atoms with E-state index in [0.717, 1.165) is 11.1 Å². The van der Waals surface area contributed by atoms with E-state index in [0.29, 0.717) is 6.54 Å². The fourth-order valence-corrected chi connectivity index (χ4v) is 4.62.